The van der Waals surface area contributed by atoms with Gasteiger partial charge in [-0.2, -0.15) is 0 Å². The number of amides is 4. The number of nitrogens with one attached hydrogen (secondary N) is 3. The van der Waals surface area contributed by atoms with Gasteiger partial charge in [0, 0.05) is 12.7 Å². The van der Waals surface area contributed by atoms with Crippen molar-refractivity contribution in [1.29, 1.82) is 0 Å². The number of hydrogen-bond donors (Lipinski definition) is 3. The molecular weight excluding hydrogens is 224 g/mol. The van der Waals surface area contributed by atoms with Crippen LogP contribution in [0.25, 0.3) is 0 Å². The first-order valence-corrected chi connectivity index (χ1v) is 4.97. The summed E-state index contributed by atoms with van der Waals surface area (Å²) in [6.45, 7) is 0.0347. The van der Waals surface area contributed by atoms with Gasteiger partial charge in [0.1, 0.15) is 11.7 Å². The lowest BCUT2D eigenvalue weighted by Gasteiger charge is -2.08. The number of aromatic nitrogens is 1. The summed E-state index contributed by atoms with van der Waals surface area (Å²) in [6.07, 6.45) is 1.50. The van der Waals surface area contributed by atoms with E-state index in [2.05, 4.69) is 20.9 Å². The molecule has 1 aliphatic rings. The van der Waals surface area contributed by atoms with Crippen LogP contribution in [0.2, 0.25) is 0 Å². The molecule has 7 heteroatoms. The first-order chi connectivity index (χ1) is 8.16. The summed E-state index contributed by atoms with van der Waals surface area (Å²) >= 11 is 0. The standard InChI is InChI=1S/C10H10N4O3/c15-8(6-3-1-2-4-11-6)12-5-7-9(16)14-10(17)13-7/h1-4,7H,5H2,(H,12,15)(H2,13,14,16,17). The second-order valence-electron chi connectivity index (χ2n) is 3.44. The van der Waals surface area contributed by atoms with E-state index in [-0.39, 0.29) is 18.1 Å². The Bertz CT molecular complexity index is 460. The topological polar surface area (TPSA) is 100 Å². The fraction of sp³-hybridized carbons (Fsp3) is 0.200. The Balaban J connectivity index is 1.89. The van der Waals surface area contributed by atoms with E-state index in [9.17, 15) is 14.4 Å². The van der Waals surface area contributed by atoms with E-state index in [0.717, 1.165) is 0 Å². The highest BCUT2D eigenvalue weighted by molar-refractivity contribution is 6.04. The van der Waals surface area contributed by atoms with Gasteiger partial charge in [0.2, 0.25) is 0 Å². The summed E-state index contributed by atoms with van der Waals surface area (Å²) < 4.78 is 0. The summed E-state index contributed by atoms with van der Waals surface area (Å²) in [4.78, 5) is 37.4. The van der Waals surface area contributed by atoms with Gasteiger partial charge in [-0.25, -0.2) is 4.79 Å². The molecule has 3 N–H and O–H groups in total. The number of urea groups is 1. The monoisotopic (exact) mass is 234 g/mol. The van der Waals surface area contributed by atoms with Gasteiger partial charge in [-0.1, -0.05) is 6.07 Å². The second-order valence-corrected chi connectivity index (χ2v) is 3.44. The van der Waals surface area contributed by atoms with Crippen molar-refractivity contribution in [3.05, 3.63) is 30.1 Å². The predicted molar refractivity (Wildman–Crippen MR) is 57.0 cm³/mol. The Morgan fingerprint density at radius 3 is 2.82 bits per heavy atom. The van der Waals surface area contributed by atoms with E-state index >= 15 is 0 Å². The van der Waals surface area contributed by atoms with E-state index in [4.69, 9.17) is 0 Å². The lowest BCUT2D eigenvalue weighted by molar-refractivity contribution is -0.120. The van der Waals surface area contributed by atoms with Gasteiger partial charge in [0.25, 0.3) is 11.8 Å². The molecule has 1 aromatic heterocycles. The van der Waals surface area contributed by atoms with Gasteiger partial charge in [-0.15, -0.1) is 0 Å². The van der Waals surface area contributed by atoms with Crippen molar-refractivity contribution in [3.63, 3.8) is 0 Å². The molecule has 0 aromatic carbocycles. The number of imide groups is 1. The average Bonchev–Trinajstić information content (AvgIpc) is 2.66. The second kappa shape index (κ2) is 4.60. The SMILES string of the molecule is O=C1NC(=O)C(CNC(=O)c2ccccn2)N1. The number of rotatable bonds is 3. The lowest BCUT2D eigenvalue weighted by atomic mass is 10.3. The van der Waals surface area contributed by atoms with Crippen LogP contribution < -0.4 is 16.0 Å². The quantitative estimate of drug-likeness (QED) is 0.585. The third-order valence-electron chi connectivity index (χ3n) is 2.22. The summed E-state index contributed by atoms with van der Waals surface area (Å²) in [5.41, 5.74) is 0.261. The van der Waals surface area contributed by atoms with Crippen LogP contribution in [0.4, 0.5) is 4.79 Å². The van der Waals surface area contributed by atoms with Crippen molar-refractivity contribution in [2.75, 3.05) is 6.54 Å². The van der Waals surface area contributed by atoms with Crippen LogP contribution >= 0.6 is 0 Å². The normalized spacial score (nSPS) is 18.5. The molecule has 1 aliphatic heterocycles. The predicted octanol–water partition coefficient (Wildman–Crippen LogP) is -0.981. The molecule has 1 aromatic rings. The number of carbonyl (C=O) groups excluding carboxylic acids is 3. The van der Waals surface area contributed by atoms with E-state index in [1.54, 1.807) is 18.2 Å². The Labute approximate surface area is 96.6 Å². The zero-order valence-electron chi connectivity index (χ0n) is 8.77. The van der Waals surface area contributed by atoms with Crippen molar-refractivity contribution in [3.8, 4) is 0 Å². The van der Waals surface area contributed by atoms with Gasteiger partial charge >= 0.3 is 6.03 Å². The molecule has 0 radical (unpaired) electrons. The lowest BCUT2D eigenvalue weighted by Crippen LogP contribution is -2.41. The Morgan fingerprint density at radius 2 is 2.24 bits per heavy atom. The van der Waals surface area contributed by atoms with Crippen LogP contribution in [0.1, 0.15) is 10.5 Å². The van der Waals surface area contributed by atoms with Crippen molar-refractivity contribution >= 4 is 17.8 Å². The Hall–Kier alpha value is -2.44. The van der Waals surface area contributed by atoms with E-state index < -0.39 is 18.0 Å². The molecule has 0 aliphatic carbocycles. The molecule has 1 fully saturated rings. The molecule has 1 atom stereocenters. The molecule has 0 spiro atoms. The Morgan fingerprint density at radius 1 is 1.41 bits per heavy atom. The molecule has 2 rings (SSSR count). The van der Waals surface area contributed by atoms with Gasteiger partial charge in [-0.05, 0) is 12.1 Å². The summed E-state index contributed by atoms with van der Waals surface area (Å²) in [6, 6.07) is 3.66. The fourth-order valence-corrected chi connectivity index (χ4v) is 1.39. The van der Waals surface area contributed by atoms with E-state index in [1.165, 1.54) is 6.20 Å². The first kappa shape index (κ1) is 11.1. The van der Waals surface area contributed by atoms with E-state index in [1.807, 2.05) is 0 Å². The largest absolute Gasteiger partial charge is 0.348 e. The zero-order valence-corrected chi connectivity index (χ0v) is 8.77. The maximum atomic E-state index is 11.6. The molecule has 4 amide bonds. The van der Waals surface area contributed by atoms with Crippen molar-refractivity contribution < 1.29 is 14.4 Å². The highest BCUT2D eigenvalue weighted by Gasteiger charge is 2.29. The van der Waals surface area contributed by atoms with Gasteiger partial charge in [0.15, 0.2) is 0 Å². The molecule has 17 heavy (non-hydrogen) atoms. The molecule has 1 unspecified atom stereocenters. The van der Waals surface area contributed by atoms with Crippen LogP contribution in [-0.2, 0) is 4.79 Å². The molecule has 0 saturated carbocycles. The van der Waals surface area contributed by atoms with Crippen LogP contribution in [0, 0.1) is 0 Å². The fourth-order valence-electron chi connectivity index (χ4n) is 1.39. The van der Waals surface area contributed by atoms with Crippen molar-refractivity contribution in [2.45, 2.75) is 6.04 Å². The summed E-state index contributed by atoms with van der Waals surface area (Å²) in [5.74, 6) is -0.837. The van der Waals surface area contributed by atoms with Crippen LogP contribution in [0.3, 0.4) is 0 Å². The van der Waals surface area contributed by atoms with Gasteiger partial charge in [-0.3, -0.25) is 19.9 Å². The third kappa shape index (κ3) is 2.57. The first-order valence-electron chi connectivity index (χ1n) is 4.97. The number of pyridine rings is 1. The zero-order chi connectivity index (χ0) is 12.3. The summed E-state index contributed by atoms with van der Waals surface area (Å²) in [5, 5.41) is 6.97. The maximum Gasteiger partial charge on any atom is 0.322 e. The maximum absolute atomic E-state index is 11.6. The molecule has 0 bridgehead atoms. The van der Waals surface area contributed by atoms with Gasteiger partial charge < -0.3 is 10.6 Å². The van der Waals surface area contributed by atoms with Gasteiger partial charge in [0.05, 0.1) is 0 Å². The molecule has 2 heterocycles. The number of hydrogen-bond acceptors (Lipinski definition) is 4. The molecule has 7 nitrogen and oxygen atoms in total. The Kier molecular flexibility index (Phi) is 2.99. The number of carbonyl (C=O) groups is 3. The smallest absolute Gasteiger partial charge is 0.322 e. The minimum absolute atomic E-state index is 0.0347. The third-order valence-corrected chi connectivity index (χ3v) is 2.22. The minimum atomic E-state index is -0.727. The number of nitrogens with zero attached hydrogens (tertiary/aromatic N) is 1. The average molecular weight is 234 g/mol. The van der Waals surface area contributed by atoms with Crippen LogP contribution in [0.5, 0.6) is 0 Å². The molecular formula is C10H10N4O3. The highest BCUT2D eigenvalue weighted by atomic mass is 16.2. The minimum Gasteiger partial charge on any atom is -0.348 e. The van der Waals surface area contributed by atoms with Crippen molar-refractivity contribution in [1.82, 2.24) is 20.9 Å². The highest BCUT2D eigenvalue weighted by Crippen LogP contribution is 1.95. The van der Waals surface area contributed by atoms with Crippen LogP contribution in [-0.4, -0.2) is 35.4 Å². The summed E-state index contributed by atoms with van der Waals surface area (Å²) in [7, 11) is 0. The van der Waals surface area contributed by atoms with E-state index in [0.29, 0.717) is 0 Å². The van der Waals surface area contributed by atoms with Crippen LogP contribution in [0.15, 0.2) is 24.4 Å². The van der Waals surface area contributed by atoms with Crippen molar-refractivity contribution in [2.24, 2.45) is 0 Å². The molecule has 1 saturated heterocycles. The molecule has 88 valence electrons.